The molecule has 1 rings (SSSR count). The van der Waals surface area contributed by atoms with Crippen LogP contribution >= 0.6 is 0 Å². The molecule has 1 heterocycles. The molecule has 3 nitrogen and oxygen atoms in total. The van der Waals surface area contributed by atoms with Gasteiger partial charge in [-0.25, -0.2) is 0 Å². The van der Waals surface area contributed by atoms with E-state index >= 15 is 0 Å². The van der Waals surface area contributed by atoms with Crippen LogP contribution in [0.2, 0.25) is 0 Å². The van der Waals surface area contributed by atoms with Crippen molar-refractivity contribution in [2.24, 2.45) is 11.7 Å². The molecule has 1 saturated heterocycles. The van der Waals surface area contributed by atoms with Gasteiger partial charge in [0, 0.05) is 12.5 Å². The van der Waals surface area contributed by atoms with Gasteiger partial charge in [-0.1, -0.05) is 0 Å². The number of hydrogen-bond donors (Lipinski definition) is 1. The molecule has 0 aliphatic carbocycles. The predicted octanol–water partition coefficient (Wildman–Crippen LogP) is 0.543. The zero-order valence-corrected chi connectivity index (χ0v) is 7.84. The third kappa shape index (κ3) is 3.30. The van der Waals surface area contributed by atoms with Gasteiger partial charge >= 0.3 is 0 Å². The van der Waals surface area contributed by atoms with E-state index in [0.29, 0.717) is 6.42 Å². The minimum Gasteiger partial charge on any atom is -0.369 e. The summed E-state index contributed by atoms with van der Waals surface area (Å²) in [5.41, 5.74) is 5.20. The fraction of sp³-hybridized carbons (Fsp3) is 0.889. The molecule has 0 radical (unpaired) electrons. The largest absolute Gasteiger partial charge is 0.369 e. The standard InChI is InChI=1S/C9H17FN2O/c10-4-1-5-12-6-2-8(3-7-12)9(11)13/h8H,1-7H2,(H2,11,13). The maximum absolute atomic E-state index is 11.9. The first-order chi connectivity index (χ1) is 6.24. The van der Waals surface area contributed by atoms with Crippen LogP contribution in [0.15, 0.2) is 0 Å². The number of carbonyl (C=O) groups excluding carboxylic acids is 1. The smallest absolute Gasteiger partial charge is 0.220 e. The van der Waals surface area contributed by atoms with Gasteiger partial charge in [-0.05, 0) is 32.4 Å². The Balaban J connectivity index is 2.18. The number of amides is 1. The molecule has 1 aliphatic heterocycles. The molecule has 0 aromatic rings. The molecule has 0 aromatic heterocycles. The lowest BCUT2D eigenvalue weighted by molar-refractivity contribution is -0.123. The van der Waals surface area contributed by atoms with Gasteiger partial charge in [0.25, 0.3) is 0 Å². The molecule has 0 spiro atoms. The van der Waals surface area contributed by atoms with Crippen molar-refractivity contribution in [3.63, 3.8) is 0 Å². The topological polar surface area (TPSA) is 46.3 Å². The summed E-state index contributed by atoms with van der Waals surface area (Å²) in [6.45, 7) is 2.32. The van der Waals surface area contributed by atoms with E-state index in [1.54, 1.807) is 0 Å². The Morgan fingerprint density at radius 3 is 2.54 bits per heavy atom. The summed E-state index contributed by atoms with van der Waals surface area (Å²) in [7, 11) is 0. The number of hydrogen-bond acceptors (Lipinski definition) is 2. The summed E-state index contributed by atoms with van der Waals surface area (Å²) in [6, 6.07) is 0. The minimum atomic E-state index is -0.254. The lowest BCUT2D eigenvalue weighted by Gasteiger charge is -2.30. The Bertz CT molecular complexity index is 167. The van der Waals surface area contributed by atoms with Gasteiger partial charge in [0.2, 0.25) is 5.91 Å². The molecular formula is C9H17FN2O. The predicted molar refractivity (Wildman–Crippen MR) is 49.0 cm³/mol. The van der Waals surface area contributed by atoms with Crippen molar-refractivity contribution in [3.8, 4) is 0 Å². The number of carbonyl (C=O) groups is 1. The van der Waals surface area contributed by atoms with Crippen LogP contribution in [-0.2, 0) is 4.79 Å². The van der Waals surface area contributed by atoms with Crippen LogP contribution in [0.4, 0.5) is 4.39 Å². The second kappa shape index (κ2) is 5.17. The van der Waals surface area contributed by atoms with E-state index in [1.807, 2.05) is 0 Å². The monoisotopic (exact) mass is 188 g/mol. The Labute approximate surface area is 78.1 Å². The molecule has 4 heteroatoms. The summed E-state index contributed by atoms with van der Waals surface area (Å²) < 4.78 is 11.9. The highest BCUT2D eigenvalue weighted by molar-refractivity contribution is 5.76. The van der Waals surface area contributed by atoms with Crippen molar-refractivity contribution in [1.82, 2.24) is 4.90 Å². The van der Waals surface area contributed by atoms with Gasteiger partial charge < -0.3 is 10.6 Å². The number of likely N-dealkylation sites (tertiary alicyclic amines) is 1. The minimum absolute atomic E-state index is 0.0432. The number of nitrogens with zero attached hydrogens (tertiary/aromatic N) is 1. The molecule has 2 N–H and O–H groups in total. The first kappa shape index (κ1) is 10.4. The van der Waals surface area contributed by atoms with Crippen molar-refractivity contribution < 1.29 is 9.18 Å². The summed E-state index contributed by atoms with van der Waals surface area (Å²) in [4.78, 5) is 13.0. The van der Waals surface area contributed by atoms with Crippen molar-refractivity contribution in [2.45, 2.75) is 19.3 Å². The van der Waals surface area contributed by atoms with Crippen molar-refractivity contribution >= 4 is 5.91 Å². The fourth-order valence-corrected chi connectivity index (χ4v) is 1.72. The molecule has 0 bridgehead atoms. The van der Waals surface area contributed by atoms with Gasteiger partial charge in [-0.2, -0.15) is 0 Å². The summed E-state index contributed by atoms with van der Waals surface area (Å²) in [5, 5.41) is 0. The number of primary amides is 1. The first-order valence-corrected chi connectivity index (χ1v) is 4.81. The molecule has 0 aromatic carbocycles. The quantitative estimate of drug-likeness (QED) is 0.700. The highest BCUT2D eigenvalue weighted by Crippen LogP contribution is 2.16. The number of piperidine rings is 1. The van der Waals surface area contributed by atoms with Crippen LogP contribution in [0, 0.1) is 5.92 Å². The zero-order chi connectivity index (χ0) is 9.68. The van der Waals surface area contributed by atoms with Crippen LogP contribution in [0.3, 0.4) is 0 Å². The number of nitrogens with two attached hydrogens (primary N) is 1. The normalized spacial score (nSPS) is 20.4. The summed E-state index contributed by atoms with van der Waals surface area (Å²) in [6.07, 6.45) is 2.27. The average molecular weight is 188 g/mol. The number of alkyl halides is 1. The highest BCUT2D eigenvalue weighted by atomic mass is 19.1. The van der Waals surface area contributed by atoms with Gasteiger partial charge in [-0.15, -0.1) is 0 Å². The third-order valence-corrected chi connectivity index (χ3v) is 2.60. The van der Waals surface area contributed by atoms with Crippen molar-refractivity contribution in [1.29, 1.82) is 0 Å². The highest BCUT2D eigenvalue weighted by Gasteiger charge is 2.22. The van der Waals surface area contributed by atoms with Crippen LogP contribution in [0.25, 0.3) is 0 Å². The van der Waals surface area contributed by atoms with E-state index < -0.39 is 0 Å². The molecule has 0 unspecified atom stereocenters. The maximum Gasteiger partial charge on any atom is 0.220 e. The molecule has 1 amide bonds. The van der Waals surface area contributed by atoms with E-state index in [9.17, 15) is 9.18 Å². The molecule has 0 saturated carbocycles. The molecular weight excluding hydrogens is 171 g/mol. The number of halogens is 1. The van der Waals surface area contributed by atoms with E-state index in [4.69, 9.17) is 5.73 Å². The van der Waals surface area contributed by atoms with Gasteiger partial charge in [0.15, 0.2) is 0 Å². The fourth-order valence-electron chi connectivity index (χ4n) is 1.72. The van der Waals surface area contributed by atoms with Crippen LogP contribution < -0.4 is 5.73 Å². The first-order valence-electron chi connectivity index (χ1n) is 4.81. The molecule has 0 atom stereocenters. The zero-order valence-electron chi connectivity index (χ0n) is 7.84. The van der Waals surface area contributed by atoms with Gasteiger partial charge in [-0.3, -0.25) is 9.18 Å². The van der Waals surface area contributed by atoms with Crippen molar-refractivity contribution in [2.75, 3.05) is 26.3 Å². The van der Waals surface area contributed by atoms with Gasteiger partial charge in [0.05, 0.1) is 6.67 Å². The lowest BCUT2D eigenvalue weighted by Crippen LogP contribution is -2.39. The SMILES string of the molecule is NC(=O)C1CCN(CCCF)CC1. The average Bonchev–Trinajstić information content (AvgIpc) is 2.15. The Hall–Kier alpha value is -0.640. The van der Waals surface area contributed by atoms with Crippen LogP contribution in [-0.4, -0.2) is 37.1 Å². The second-order valence-corrected chi connectivity index (χ2v) is 3.56. The van der Waals surface area contributed by atoms with E-state index in [0.717, 1.165) is 32.5 Å². The molecule has 76 valence electrons. The summed E-state index contributed by atoms with van der Waals surface area (Å²) >= 11 is 0. The van der Waals surface area contributed by atoms with Crippen molar-refractivity contribution in [3.05, 3.63) is 0 Å². The van der Waals surface area contributed by atoms with Gasteiger partial charge in [0.1, 0.15) is 0 Å². The van der Waals surface area contributed by atoms with E-state index in [2.05, 4.69) is 4.90 Å². The summed E-state index contributed by atoms with van der Waals surface area (Å²) in [5.74, 6) is -0.147. The third-order valence-electron chi connectivity index (χ3n) is 2.60. The Kier molecular flexibility index (Phi) is 4.15. The Morgan fingerprint density at radius 1 is 1.46 bits per heavy atom. The molecule has 1 fully saturated rings. The second-order valence-electron chi connectivity index (χ2n) is 3.56. The van der Waals surface area contributed by atoms with Crippen LogP contribution in [0.1, 0.15) is 19.3 Å². The maximum atomic E-state index is 11.9. The molecule has 13 heavy (non-hydrogen) atoms. The Morgan fingerprint density at radius 2 is 2.08 bits per heavy atom. The number of rotatable bonds is 4. The van der Waals surface area contributed by atoms with E-state index in [-0.39, 0.29) is 18.5 Å². The lowest BCUT2D eigenvalue weighted by atomic mass is 9.96. The van der Waals surface area contributed by atoms with Crippen LogP contribution in [0.5, 0.6) is 0 Å². The molecule has 1 aliphatic rings. The van der Waals surface area contributed by atoms with E-state index in [1.165, 1.54) is 0 Å².